The summed E-state index contributed by atoms with van der Waals surface area (Å²) in [5, 5.41) is 2.35. The van der Waals surface area contributed by atoms with Crippen LogP contribution in [0.1, 0.15) is 31.9 Å². The predicted octanol–water partition coefficient (Wildman–Crippen LogP) is 2.96. The number of hydrogen-bond acceptors (Lipinski definition) is 4. The van der Waals surface area contributed by atoms with Crippen molar-refractivity contribution in [3.63, 3.8) is 0 Å². The number of anilines is 2. The summed E-state index contributed by atoms with van der Waals surface area (Å²) >= 11 is 0. The SMILES string of the molecule is CCN1C(=O)Cc2cc(NC(=O)Cc3ccc(S(=O)(=O)C(C)C)cc3)ccc21. The van der Waals surface area contributed by atoms with E-state index in [0.717, 1.165) is 16.8 Å². The third-order valence-electron chi connectivity index (χ3n) is 4.85. The summed E-state index contributed by atoms with van der Waals surface area (Å²) in [6, 6.07) is 11.9. The van der Waals surface area contributed by atoms with Crippen LogP contribution in [0.25, 0.3) is 0 Å². The maximum Gasteiger partial charge on any atom is 0.231 e. The Bertz CT molecular complexity index is 1010. The monoisotopic (exact) mass is 400 g/mol. The van der Waals surface area contributed by atoms with Crippen LogP contribution in [0.5, 0.6) is 0 Å². The smallest absolute Gasteiger partial charge is 0.231 e. The number of sulfone groups is 1. The summed E-state index contributed by atoms with van der Waals surface area (Å²) in [6.07, 6.45) is 0.484. The number of hydrogen-bond donors (Lipinski definition) is 1. The van der Waals surface area contributed by atoms with Crippen LogP contribution in [0.15, 0.2) is 47.4 Å². The predicted molar refractivity (Wildman–Crippen MR) is 109 cm³/mol. The van der Waals surface area contributed by atoms with E-state index >= 15 is 0 Å². The minimum absolute atomic E-state index is 0.0671. The normalized spacial score (nSPS) is 13.7. The highest BCUT2D eigenvalue weighted by Gasteiger charge is 2.26. The van der Waals surface area contributed by atoms with Gasteiger partial charge in [0.15, 0.2) is 9.84 Å². The average Bonchev–Trinajstić information content (AvgIpc) is 2.96. The summed E-state index contributed by atoms with van der Waals surface area (Å²) in [7, 11) is -3.32. The Morgan fingerprint density at radius 1 is 1.14 bits per heavy atom. The van der Waals surface area contributed by atoms with Crippen LogP contribution >= 0.6 is 0 Å². The number of amides is 2. The van der Waals surface area contributed by atoms with E-state index in [1.165, 1.54) is 12.1 Å². The highest BCUT2D eigenvalue weighted by molar-refractivity contribution is 7.92. The standard InChI is InChI=1S/C21H24N2O4S/c1-4-23-19-10-7-17(12-16(19)13-21(23)25)22-20(24)11-15-5-8-18(9-6-15)28(26,27)14(2)3/h5-10,12,14H,4,11,13H2,1-3H3,(H,22,24). The van der Waals surface area contributed by atoms with Gasteiger partial charge in [-0.05, 0) is 62.2 Å². The molecule has 6 nitrogen and oxygen atoms in total. The van der Waals surface area contributed by atoms with Crippen molar-refractivity contribution in [2.45, 2.75) is 43.8 Å². The molecule has 0 radical (unpaired) electrons. The van der Waals surface area contributed by atoms with E-state index in [2.05, 4.69) is 5.32 Å². The number of rotatable bonds is 6. The molecule has 3 rings (SSSR count). The van der Waals surface area contributed by atoms with Gasteiger partial charge in [-0.25, -0.2) is 8.42 Å². The molecule has 0 fully saturated rings. The second-order valence-electron chi connectivity index (χ2n) is 7.12. The quantitative estimate of drug-likeness (QED) is 0.808. The number of fused-ring (bicyclic) bond motifs is 1. The Balaban J connectivity index is 1.67. The summed E-state index contributed by atoms with van der Waals surface area (Å²) < 4.78 is 24.3. The lowest BCUT2D eigenvalue weighted by atomic mass is 10.1. The van der Waals surface area contributed by atoms with Gasteiger partial charge in [-0.15, -0.1) is 0 Å². The van der Waals surface area contributed by atoms with Crippen molar-refractivity contribution < 1.29 is 18.0 Å². The summed E-state index contributed by atoms with van der Waals surface area (Å²) in [5.41, 5.74) is 3.18. The van der Waals surface area contributed by atoms with Gasteiger partial charge in [0.05, 0.1) is 23.0 Å². The van der Waals surface area contributed by atoms with Crippen LogP contribution < -0.4 is 10.2 Å². The molecule has 7 heteroatoms. The zero-order valence-corrected chi connectivity index (χ0v) is 17.0. The van der Waals surface area contributed by atoms with Crippen LogP contribution in [0, 0.1) is 0 Å². The fraction of sp³-hybridized carbons (Fsp3) is 0.333. The van der Waals surface area contributed by atoms with Crippen LogP contribution in [0.4, 0.5) is 11.4 Å². The maximum absolute atomic E-state index is 12.4. The van der Waals surface area contributed by atoms with Crippen molar-refractivity contribution >= 4 is 33.0 Å². The first-order chi connectivity index (χ1) is 13.2. The van der Waals surface area contributed by atoms with E-state index in [4.69, 9.17) is 0 Å². The molecular weight excluding hydrogens is 376 g/mol. The number of benzene rings is 2. The Labute approximate surface area is 165 Å². The Morgan fingerprint density at radius 3 is 2.43 bits per heavy atom. The Kier molecular flexibility index (Phi) is 5.56. The van der Waals surface area contributed by atoms with Crippen LogP contribution in [0.3, 0.4) is 0 Å². The first-order valence-electron chi connectivity index (χ1n) is 9.28. The lowest BCUT2D eigenvalue weighted by Gasteiger charge is -2.15. The molecule has 0 atom stereocenters. The third-order valence-corrected chi connectivity index (χ3v) is 7.02. The fourth-order valence-corrected chi connectivity index (χ4v) is 4.33. The van der Waals surface area contributed by atoms with Gasteiger partial charge in [-0.3, -0.25) is 9.59 Å². The van der Waals surface area contributed by atoms with E-state index in [9.17, 15) is 18.0 Å². The van der Waals surface area contributed by atoms with Gasteiger partial charge in [0.25, 0.3) is 0 Å². The summed E-state index contributed by atoms with van der Waals surface area (Å²) in [5.74, 6) is -0.131. The van der Waals surface area contributed by atoms with Crippen molar-refractivity contribution in [1.29, 1.82) is 0 Å². The minimum Gasteiger partial charge on any atom is -0.326 e. The molecule has 1 aliphatic rings. The molecule has 0 saturated carbocycles. The molecule has 1 N–H and O–H groups in total. The van der Waals surface area contributed by atoms with Crippen molar-refractivity contribution in [3.05, 3.63) is 53.6 Å². The molecule has 28 heavy (non-hydrogen) atoms. The van der Waals surface area contributed by atoms with Gasteiger partial charge in [0.2, 0.25) is 11.8 Å². The zero-order valence-electron chi connectivity index (χ0n) is 16.2. The molecule has 0 aliphatic carbocycles. The van der Waals surface area contributed by atoms with E-state index in [-0.39, 0.29) is 23.1 Å². The van der Waals surface area contributed by atoms with E-state index in [1.807, 2.05) is 19.1 Å². The summed E-state index contributed by atoms with van der Waals surface area (Å²) in [6.45, 7) is 5.83. The molecule has 0 spiro atoms. The molecule has 1 heterocycles. The average molecular weight is 401 g/mol. The largest absolute Gasteiger partial charge is 0.326 e. The first-order valence-corrected chi connectivity index (χ1v) is 10.8. The molecule has 0 unspecified atom stereocenters. The second kappa shape index (κ2) is 7.75. The first kappa shape index (κ1) is 20.1. The van der Waals surface area contributed by atoms with E-state index in [1.54, 1.807) is 36.9 Å². The summed E-state index contributed by atoms with van der Waals surface area (Å²) in [4.78, 5) is 26.3. The van der Waals surface area contributed by atoms with Gasteiger partial charge in [0, 0.05) is 17.9 Å². The third kappa shape index (κ3) is 3.94. The van der Waals surface area contributed by atoms with Crippen LogP contribution in [-0.4, -0.2) is 32.0 Å². The van der Waals surface area contributed by atoms with E-state index < -0.39 is 15.1 Å². The molecule has 0 saturated heterocycles. The van der Waals surface area contributed by atoms with Gasteiger partial charge in [-0.1, -0.05) is 12.1 Å². The van der Waals surface area contributed by atoms with Gasteiger partial charge in [0.1, 0.15) is 0 Å². The Hall–Kier alpha value is -2.67. The lowest BCUT2D eigenvalue weighted by molar-refractivity contribution is -0.117. The second-order valence-corrected chi connectivity index (χ2v) is 9.63. The zero-order chi connectivity index (χ0) is 20.5. The minimum atomic E-state index is -3.32. The molecule has 0 aromatic heterocycles. The van der Waals surface area contributed by atoms with Gasteiger partial charge in [-0.2, -0.15) is 0 Å². The number of nitrogens with zero attached hydrogens (tertiary/aromatic N) is 1. The molecule has 0 bridgehead atoms. The number of carbonyl (C=O) groups is 2. The number of carbonyl (C=O) groups excluding carboxylic acids is 2. The number of likely N-dealkylation sites (N-methyl/N-ethyl adjacent to an activating group) is 1. The highest BCUT2D eigenvalue weighted by Crippen LogP contribution is 2.31. The topological polar surface area (TPSA) is 83.6 Å². The van der Waals surface area contributed by atoms with Crippen molar-refractivity contribution in [2.75, 3.05) is 16.8 Å². The molecule has 2 aromatic carbocycles. The number of nitrogens with one attached hydrogen (secondary N) is 1. The van der Waals surface area contributed by atoms with Crippen LogP contribution in [0.2, 0.25) is 0 Å². The van der Waals surface area contributed by atoms with Gasteiger partial charge >= 0.3 is 0 Å². The van der Waals surface area contributed by atoms with Gasteiger partial charge < -0.3 is 10.2 Å². The molecule has 148 valence electrons. The van der Waals surface area contributed by atoms with Crippen molar-refractivity contribution in [1.82, 2.24) is 0 Å². The molecular formula is C21H24N2O4S. The molecule has 1 aliphatic heterocycles. The molecule has 2 aromatic rings. The lowest BCUT2D eigenvalue weighted by Crippen LogP contribution is -2.25. The molecule has 2 amide bonds. The Morgan fingerprint density at radius 2 is 1.82 bits per heavy atom. The van der Waals surface area contributed by atoms with E-state index in [0.29, 0.717) is 18.7 Å². The highest BCUT2D eigenvalue weighted by atomic mass is 32.2. The van der Waals surface area contributed by atoms with Crippen molar-refractivity contribution in [3.8, 4) is 0 Å². The van der Waals surface area contributed by atoms with Crippen molar-refractivity contribution in [2.24, 2.45) is 0 Å². The fourth-order valence-electron chi connectivity index (χ4n) is 3.27. The van der Waals surface area contributed by atoms with Crippen LogP contribution in [-0.2, 0) is 32.3 Å². The maximum atomic E-state index is 12.4.